The molecule has 0 atom stereocenters. The van der Waals surface area contributed by atoms with E-state index in [1.807, 2.05) is 84.9 Å². The van der Waals surface area contributed by atoms with Crippen molar-refractivity contribution in [1.29, 1.82) is 0 Å². The van der Waals surface area contributed by atoms with Crippen LogP contribution < -0.4 is 15.4 Å². The van der Waals surface area contributed by atoms with Gasteiger partial charge in [-0.15, -0.1) is 0 Å². The smallest absolute Gasteiger partial charge is 0.152 e. The van der Waals surface area contributed by atoms with E-state index in [4.69, 9.17) is 9.47 Å². The molecule has 0 aliphatic rings. The van der Waals surface area contributed by atoms with Gasteiger partial charge in [0.15, 0.2) is 11.5 Å². The highest BCUT2D eigenvalue weighted by Gasteiger charge is 2.11. The Morgan fingerprint density at radius 1 is 0.500 bits per heavy atom. The van der Waals surface area contributed by atoms with E-state index < -0.39 is 0 Å². The van der Waals surface area contributed by atoms with E-state index >= 15 is 0 Å². The van der Waals surface area contributed by atoms with Gasteiger partial charge in [-0.1, -0.05) is 36.4 Å². The van der Waals surface area contributed by atoms with E-state index in [0.29, 0.717) is 0 Å². The molecule has 0 fully saturated rings. The summed E-state index contributed by atoms with van der Waals surface area (Å²) in [5, 5.41) is 2.12. The number of benzene rings is 4. The SMILES string of the molecule is BrN(Br)c1ccccc1Oc1ccc2ccc(Oc3ccccc3N(Br)Br)cc2c1. The van der Waals surface area contributed by atoms with Crippen molar-refractivity contribution in [2.75, 3.05) is 5.90 Å². The normalized spacial score (nSPS) is 10.7. The standard InChI is InChI=1S/C22H14Br4N2O2/c23-27(24)19-5-1-3-7-21(19)29-17-11-9-15-10-12-18(14-16(15)13-17)30-22-8-4-2-6-20(22)28(25)26/h1-14H. The van der Waals surface area contributed by atoms with E-state index in [9.17, 15) is 0 Å². The van der Waals surface area contributed by atoms with Crippen molar-refractivity contribution in [3.63, 3.8) is 0 Å². The van der Waals surface area contributed by atoms with Crippen molar-refractivity contribution < 1.29 is 9.47 Å². The van der Waals surface area contributed by atoms with E-state index in [1.54, 1.807) is 5.90 Å². The van der Waals surface area contributed by atoms with Gasteiger partial charge in [0.25, 0.3) is 0 Å². The lowest BCUT2D eigenvalue weighted by Gasteiger charge is -2.15. The molecule has 8 heteroatoms. The van der Waals surface area contributed by atoms with Gasteiger partial charge >= 0.3 is 0 Å². The molecule has 4 aromatic carbocycles. The second-order valence-corrected chi connectivity index (χ2v) is 11.0. The van der Waals surface area contributed by atoms with Gasteiger partial charge in [0, 0.05) is 0 Å². The van der Waals surface area contributed by atoms with E-state index in [2.05, 4.69) is 64.6 Å². The van der Waals surface area contributed by atoms with E-state index in [1.165, 1.54) is 0 Å². The van der Waals surface area contributed by atoms with Crippen LogP contribution in [0.2, 0.25) is 0 Å². The summed E-state index contributed by atoms with van der Waals surface area (Å²) in [6.07, 6.45) is 0. The molecule has 0 bridgehead atoms. The molecule has 30 heavy (non-hydrogen) atoms. The number of rotatable bonds is 6. The minimum Gasteiger partial charge on any atom is -0.455 e. The molecule has 4 aromatic rings. The highest BCUT2D eigenvalue weighted by atomic mass is 79.9. The Balaban J connectivity index is 1.64. The molecule has 0 saturated carbocycles. The lowest BCUT2D eigenvalue weighted by atomic mass is 10.1. The molecule has 0 radical (unpaired) electrons. The molecule has 152 valence electrons. The summed E-state index contributed by atoms with van der Waals surface area (Å²) >= 11 is 13.5. The van der Waals surface area contributed by atoms with Crippen LogP contribution in [0.4, 0.5) is 11.4 Å². The van der Waals surface area contributed by atoms with Crippen LogP contribution in [-0.2, 0) is 0 Å². The molecule has 0 unspecified atom stereocenters. The Bertz CT molecular complexity index is 1100. The number of nitrogens with zero attached hydrogens (tertiary/aromatic N) is 2. The van der Waals surface area contributed by atoms with Crippen LogP contribution in [0.15, 0.2) is 84.9 Å². The zero-order valence-corrected chi connectivity index (χ0v) is 21.6. The Morgan fingerprint density at radius 3 is 1.37 bits per heavy atom. The Kier molecular flexibility index (Phi) is 6.87. The molecule has 0 saturated heterocycles. The third kappa shape index (κ3) is 4.94. The first-order valence-corrected chi connectivity index (χ1v) is 11.7. The molecule has 0 spiro atoms. The number of anilines is 2. The molecular formula is C22H14Br4N2O2. The van der Waals surface area contributed by atoms with E-state index in [0.717, 1.165) is 45.1 Å². The first-order valence-electron chi connectivity index (χ1n) is 8.82. The molecule has 4 nitrogen and oxygen atoms in total. The molecule has 4 rings (SSSR count). The molecule has 0 aliphatic carbocycles. The third-order valence-electron chi connectivity index (χ3n) is 4.33. The Hall–Kier alpha value is -1.74. The maximum absolute atomic E-state index is 6.13. The zero-order chi connectivity index (χ0) is 21.1. The fourth-order valence-electron chi connectivity index (χ4n) is 2.95. The maximum atomic E-state index is 6.13. The summed E-state index contributed by atoms with van der Waals surface area (Å²) in [6.45, 7) is 0. The zero-order valence-electron chi connectivity index (χ0n) is 15.3. The topological polar surface area (TPSA) is 24.9 Å². The molecule has 0 heterocycles. The minimum atomic E-state index is 0.724. The lowest BCUT2D eigenvalue weighted by Crippen LogP contribution is -1.95. The summed E-state index contributed by atoms with van der Waals surface area (Å²) in [5.74, 6) is 2.92. The Labute approximate surface area is 208 Å². The minimum absolute atomic E-state index is 0.724. The highest BCUT2D eigenvalue weighted by molar-refractivity contribution is 9.25. The summed E-state index contributed by atoms with van der Waals surface area (Å²) in [5.41, 5.74) is 1.72. The number of fused-ring (bicyclic) bond motifs is 1. The van der Waals surface area contributed by atoms with Gasteiger partial charge in [0.05, 0.1) is 64.6 Å². The quantitative estimate of drug-likeness (QED) is 0.193. The second-order valence-electron chi connectivity index (χ2n) is 6.28. The molecule has 0 N–H and O–H groups in total. The van der Waals surface area contributed by atoms with Crippen LogP contribution in [0, 0.1) is 0 Å². The number of halogens is 4. The predicted molar refractivity (Wildman–Crippen MR) is 138 cm³/mol. The molecule has 0 aliphatic heterocycles. The van der Waals surface area contributed by atoms with Crippen molar-refractivity contribution in [1.82, 2.24) is 0 Å². The van der Waals surface area contributed by atoms with Gasteiger partial charge in [0.1, 0.15) is 22.9 Å². The van der Waals surface area contributed by atoms with Gasteiger partial charge in [-0.25, -0.2) is 5.90 Å². The number of para-hydroxylation sites is 4. The van der Waals surface area contributed by atoms with Crippen molar-refractivity contribution in [3.8, 4) is 23.0 Å². The van der Waals surface area contributed by atoms with Gasteiger partial charge < -0.3 is 9.47 Å². The Morgan fingerprint density at radius 2 is 0.933 bits per heavy atom. The van der Waals surface area contributed by atoms with Crippen molar-refractivity contribution in [3.05, 3.63) is 84.9 Å². The highest BCUT2D eigenvalue weighted by Crippen LogP contribution is 2.38. The molecular weight excluding hydrogens is 644 g/mol. The van der Waals surface area contributed by atoms with Crippen molar-refractivity contribution in [2.45, 2.75) is 0 Å². The number of hydrogen-bond acceptors (Lipinski definition) is 4. The van der Waals surface area contributed by atoms with E-state index in [-0.39, 0.29) is 0 Å². The van der Waals surface area contributed by atoms with Crippen LogP contribution in [0.1, 0.15) is 0 Å². The van der Waals surface area contributed by atoms with Crippen molar-refractivity contribution >= 4 is 86.7 Å². The second kappa shape index (κ2) is 9.60. The fraction of sp³-hybridized carbons (Fsp3) is 0. The molecule has 0 aromatic heterocycles. The molecule has 0 amide bonds. The van der Waals surface area contributed by atoms with Crippen molar-refractivity contribution in [2.24, 2.45) is 0 Å². The van der Waals surface area contributed by atoms with Gasteiger partial charge in [-0.2, -0.15) is 0 Å². The summed E-state index contributed by atoms with van der Waals surface area (Å²) in [6, 6.07) is 27.4. The lowest BCUT2D eigenvalue weighted by molar-refractivity contribution is 0.484. The summed E-state index contributed by atoms with van der Waals surface area (Å²) in [4.78, 5) is 0. The van der Waals surface area contributed by atoms with Gasteiger partial charge in [0.2, 0.25) is 0 Å². The fourth-order valence-corrected chi connectivity index (χ4v) is 4.12. The van der Waals surface area contributed by atoms with Crippen LogP contribution in [0.25, 0.3) is 10.8 Å². The largest absolute Gasteiger partial charge is 0.455 e. The number of ether oxygens (including phenoxy) is 2. The van der Waals surface area contributed by atoms with Crippen LogP contribution in [0.3, 0.4) is 0 Å². The first-order chi connectivity index (χ1) is 14.5. The summed E-state index contributed by atoms with van der Waals surface area (Å²) in [7, 11) is 0. The van der Waals surface area contributed by atoms with Gasteiger partial charge in [-0.3, -0.25) is 0 Å². The first kappa shape index (κ1) is 21.5. The van der Waals surface area contributed by atoms with Crippen LogP contribution in [-0.4, -0.2) is 0 Å². The van der Waals surface area contributed by atoms with Crippen LogP contribution >= 0.6 is 64.6 Å². The predicted octanol–water partition coefficient (Wildman–Crippen LogP) is 9.28. The van der Waals surface area contributed by atoms with Gasteiger partial charge in [-0.05, 0) is 59.3 Å². The van der Waals surface area contributed by atoms with Crippen LogP contribution in [0.5, 0.6) is 23.0 Å². The summed E-state index contributed by atoms with van der Waals surface area (Å²) < 4.78 is 15.6. The average Bonchev–Trinajstić information content (AvgIpc) is 2.74. The number of hydrogen-bond donors (Lipinski definition) is 0. The monoisotopic (exact) mass is 654 g/mol. The third-order valence-corrected chi connectivity index (χ3v) is 5.86. The maximum Gasteiger partial charge on any atom is 0.152 e. The average molecular weight is 658 g/mol.